The Morgan fingerprint density at radius 1 is 1.47 bits per heavy atom. The van der Waals surface area contributed by atoms with E-state index in [0.29, 0.717) is 6.04 Å². The van der Waals surface area contributed by atoms with Crippen LogP contribution in [0.15, 0.2) is 18.2 Å². The van der Waals surface area contributed by atoms with Crippen LogP contribution in [0, 0.1) is 5.82 Å². The van der Waals surface area contributed by atoms with Gasteiger partial charge in [0.2, 0.25) is 0 Å². The van der Waals surface area contributed by atoms with Crippen LogP contribution >= 0.6 is 0 Å². The number of rotatable bonds is 4. The van der Waals surface area contributed by atoms with Gasteiger partial charge in [0.1, 0.15) is 5.82 Å². The van der Waals surface area contributed by atoms with Crippen LogP contribution in [-0.2, 0) is 0 Å². The lowest BCUT2D eigenvalue weighted by atomic mass is 10.2. The normalized spacial score (nSPS) is 15.1. The molecule has 0 aromatic heterocycles. The molecule has 2 nitrogen and oxygen atoms in total. The summed E-state index contributed by atoms with van der Waals surface area (Å²) in [6.07, 6.45) is 2.40. The second-order valence-electron chi connectivity index (χ2n) is 4.09. The van der Waals surface area contributed by atoms with E-state index >= 15 is 0 Å². The summed E-state index contributed by atoms with van der Waals surface area (Å²) < 4.78 is 13.1. The highest BCUT2D eigenvalue weighted by molar-refractivity contribution is 5.70. The Kier molecular flexibility index (Phi) is 2.80. The molecule has 0 bridgehead atoms. The molecular weight excluding hydrogens is 191 g/mol. The maximum absolute atomic E-state index is 13.1. The van der Waals surface area contributed by atoms with Gasteiger partial charge < -0.3 is 10.2 Å². The van der Waals surface area contributed by atoms with E-state index in [1.54, 1.807) is 6.07 Å². The van der Waals surface area contributed by atoms with Gasteiger partial charge in [-0.3, -0.25) is 0 Å². The fourth-order valence-electron chi connectivity index (χ4n) is 1.57. The first-order valence-corrected chi connectivity index (χ1v) is 5.48. The van der Waals surface area contributed by atoms with Crippen molar-refractivity contribution in [3.05, 3.63) is 24.0 Å². The smallest absolute Gasteiger partial charge is 0.125 e. The molecule has 1 fully saturated rings. The van der Waals surface area contributed by atoms with Gasteiger partial charge in [0.15, 0.2) is 0 Å². The molecule has 1 aliphatic rings. The fraction of sp³-hybridized carbons (Fsp3) is 0.500. The number of nitrogens with one attached hydrogen (secondary N) is 1. The van der Waals surface area contributed by atoms with Crippen molar-refractivity contribution in [2.75, 3.05) is 23.8 Å². The van der Waals surface area contributed by atoms with Crippen LogP contribution in [0.3, 0.4) is 0 Å². The second kappa shape index (κ2) is 4.09. The van der Waals surface area contributed by atoms with E-state index in [1.165, 1.54) is 18.9 Å². The summed E-state index contributed by atoms with van der Waals surface area (Å²) in [5.41, 5.74) is 1.99. The molecule has 2 rings (SSSR count). The SMILES string of the molecule is CCN(C)c1ccc(F)cc1NC1CC1. The summed E-state index contributed by atoms with van der Waals surface area (Å²) in [5, 5.41) is 3.36. The minimum atomic E-state index is -0.175. The van der Waals surface area contributed by atoms with Gasteiger partial charge in [0, 0.05) is 19.6 Å². The largest absolute Gasteiger partial charge is 0.381 e. The summed E-state index contributed by atoms with van der Waals surface area (Å²) in [4.78, 5) is 2.12. The lowest BCUT2D eigenvalue weighted by Crippen LogP contribution is -2.18. The minimum absolute atomic E-state index is 0.175. The van der Waals surface area contributed by atoms with Gasteiger partial charge in [-0.25, -0.2) is 4.39 Å². The zero-order valence-electron chi connectivity index (χ0n) is 9.26. The molecule has 0 atom stereocenters. The molecule has 1 aliphatic carbocycles. The maximum atomic E-state index is 13.1. The highest BCUT2D eigenvalue weighted by Crippen LogP contribution is 2.31. The lowest BCUT2D eigenvalue weighted by molar-refractivity contribution is 0.628. The molecule has 1 aromatic carbocycles. The molecule has 0 spiro atoms. The number of anilines is 2. The van der Waals surface area contributed by atoms with Crippen molar-refractivity contribution >= 4 is 11.4 Å². The molecule has 1 aromatic rings. The molecule has 1 N–H and O–H groups in total. The molecule has 0 aliphatic heterocycles. The molecule has 15 heavy (non-hydrogen) atoms. The highest BCUT2D eigenvalue weighted by atomic mass is 19.1. The summed E-state index contributed by atoms with van der Waals surface area (Å²) >= 11 is 0. The molecular formula is C12H17FN2. The molecule has 0 radical (unpaired) electrons. The van der Waals surface area contributed by atoms with Crippen molar-refractivity contribution in [1.82, 2.24) is 0 Å². The number of nitrogens with zero attached hydrogens (tertiary/aromatic N) is 1. The van der Waals surface area contributed by atoms with Crippen molar-refractivity contribution in [2.24, 2.45) is 0 Å². The van der Waals surface area contributed by atoms with Crippen molar-refractivity contribution in [1.29, 1.82) is 0 Å². The fourth-order valence-corrected chi connectivity index (χ4v) is 1.57. The molecule has 0 unspecified atom stereocenters. The molecule has 3 heteroatoms. The Balaban J connectivity index is 2.25. The summed E-state index contributed by atoms with van der Waals surface area (Å²) in [6, 6.07) is 5.49. The quantitative estimate of drug-likeness (QED) is 0.818. The van der Waals surface area contributed by atoms with Crippen LogP contribution in [0.5, 0.6) is 0 Å². The van der Waals surface area contributed by atoms with Crippen LogP contribution in [0.2, 0.25) is 0 Å². The summed E-state index contributed by atoms with van der Waals surface area (Å²) in [6.45, 7) is 3.01. The minimum Gasteiger partial charge on any atom is -0.381 e. The monoisotopic (exact) mass is 208 g/mol. The first-order valence-electron chi connectivity index (χ1n) is 5.48. The Morgan fingerprint density at radius 2 is 2.20 bits per heavy atom. The zero-order chi connectivity index (χ0) is 10.8. The molecule has 0 heterocycles. The Labute approximate surface area is 90.1 Å². The molecule has 0 saturated heterocycles. The maximum Gasteiger partial charge on any atom is 0.125 e. The number of halogens is 1. The third-order valence-corrected chi connectivity index (χ3v) is 2.78. The van der Waals surface area contributed by atoms with Crippen LogP contribution in [0.1, 0.15) is 19.8 Å². The van der Waals surface area contributed by atoms with Crippen molar-refractivity contribution < 1.29 is 4.39 Å². The van der Waals surface area contributed by atoms with E-state index in [0.717, 1.165) is 17.9 Å². The molecule has 0 amide bonds. The van der Waals surface area contributed by atoms with Crippen molar-refractivity contribution in [3.63, 3.8) is 0 Å². The standard InChI is InChI=1S/C12H17FN2/c1-3-15(2)12-7-4-9(13)8-11(12)14-10-5-6-10/h4,7-8,10,14H,3,5-6H2,1-2H3. The third-order valence-electron chi connectivity index (χ3n) is 2.78. The second-order valence-corrected chi connectivity index (χ2v) is 4.09. The van der Waals surface area contributed by atoms with Gasteiger partial charge in [-0.2, -0.15) is 0 Å². The van der Waals surface area contributed by atoms with Crippen molar-refractivity contribution in [2.45, 2.75) is 25.8 Å². The van der Waals surface area contributed by atoms with Gasteiger partial charge >= 0.3 is 0 Å². The highest BCUT2D eigenvalue weighted by Gasteiger charge is 2.22. The lowest BCUT2D eigenvalue weighted by Gasteiger charge is -2.21. The zero-order valence-corrected chi connectivity index (χ0v) is 9.26. The number of benzene rings is 1. The van der Waals surface area contributed by atoms with Gasteiger partial charge in [0.05, 0.1) is 11.4 Å². The van der Waals surface area contributed by atoms with E-state index in [9.17, 15) is 4.39 Å². The third kappa shape index (κ3) is 2.41. The average molecular weight is 208 g/mol. The van der Waals surface area contributed by atoms with E-state index in [-0.39, 0.29) is 5.82 Å². The van der Waals surface area contributed by atoms with Crippen LogP contribution in [0.25, 0.3) is 0 Å². The van der Waals surface area contributed by atoms with Crippen LogP contribution in [0.4, 0.5) is 15.8 Å². The number of hydrogen-bond donors (Lipinski definition) is 1. The van der Waals surface area contributed by atoms with Gasteiger partial charge in [-0.05, 0) is 38.0 Å². The summed E-state index contributed by atoms with van der Waals surface area (Å²) in [7, 11) is 2.02. The first-order chi connectivity index (χ1) is 7.20. The van der Waals surface area contributed by atoms with E-state index in [2.05, 4.69) is 17.1 Å². The van der Waals surface area contributed by atoms with Crippen LogP contribution < -0.4 is 10.2 Å². The predicted octanol–water partition coefficient (Wildman–Crippen LogP) is 2.86. The molecule has 82 valence electrons. The van der Waals surface area contributed by atoms with E-state index in [4.69, 9.17) is 0 Å². The number of hydrogen-bond acceptors (Lipinski definition) is 2. The van der Waals surface area contributed by atoms with Gasteiger partial charge in [0.25, 0.3) is 0 Å². The molecule has 1 saturated carbocycles. The van der Waals surface area contributed by atoms with Gasteiger partial charge in [-0.1, -0.05) is 0 Å². The van der Waals surface area contributed by atoms with E-state index < -0.39 is 0 Å². The average Bonchev–Trinajstić information content (AvgIpc) is 3.01. The predicted molar refractivity (Wildman–Crippen MR) is 62.0 cm³/mol. The topological polar surface area (TPSA) is 15.3 Å². The van der Waals surface area contributed by atoms with E-state index in [1.807, 2.05) is 13.1 Å². The first kappa shape index (κ1) is 10.3. The Hall–Kier alpha value is -1.25. The van der Waals surface area contributed by atoms with Gasteiger partial charge in [-0.15, -0.1) is 0 Å². The Bertz CT molecular complexity index is 347. The Morgan fingerprint density at radius 3 is 2.80 bits per heavy atom. The van der Waals surface area contributed by atoms with Crippen molar-refractivity contribution in [3.8, 4) is 0 Å². The van der Waals surface area contributed by atoms with Crippen LogP contribution in [-0.4, -0.2) is 19.6 Å². The summed E-state index contributed by atoms with van der Waals surface area (Å²) in [5.74, 6) is -0.175.